The number of pyridine rings is 1. The molecule has 6 nitrogen and oxygen atoms in total. The molecule has 0 saturated carbocycles. The van der Waals surface area contributed by atoms with Crippen molar-refractivity contribution in [3.05, 3.63) is 62.7 Å². The Morgan fingerprint density at radius 2 is 2.00 bits per heavy atom. The molecule has 1 aromatic carbocycles. The maximum Gasteiger partial charge on any atom is 0.294 e. The summed E-state index contributed by atoms with van der Waals surface area (Å²) >= 11 is 10.0. The summed E-state index contributed by atoms with van der Waals surface area (Å²) in [6.45, 7) is -0.369. The number of carbonyl (C=O) groups excluding carboxylic acids is 3. The number of halogens is 2. The second-order valence-electron chi connectivity index (χ2n) is 5.23. The van der Waals surface area contributed by atoms with E-state index in [4.69, 9.17) is 11.6 Å². The van der Waals surface area contributed by atoms with Gasteiger partial charge in [0.2, 0.25) is 5.91 Å². The average Bonchev–Trinajstić information content (AvgIpc) is 2.86. The number of rotatable bonds is 4. The van der Waals surface area contributed by atoms with Crippen LogP contribution in [-0.4, -0.2) is 33.5 Å². The van der Waals surface area contributed by atoms with Gasteiger partial charge in [0.1, 0.15) is 6.54 Å². The van der Waals surface area contributed by atoms with Gasteiger partial charge in [-0.05, 0) is 69.7 Å². The van der Waals surface area contributed by atoms with E-state index in [9.17, 15) is 14.4 Å². The van der Waals surface area contributed by atoms with Gasteiger partial charge in [-0.1, -0.05) is 11.6 Å². The number of carbonyl (C=O) groups is 3. The predicted octanol–water partition coefficient (Wildman–Crippen LogP) is 4.17. The van der Waals surface area contributed by atoms with Gasteiger partial charge in [-0.2, -0.15) is 0 Å². The molecule has 0 radical (unpaired) electrons. The number of amides is 3. The highest BCUT2D eigenvalue weighted by Crippen LogP contribution is 2.32. The molecule has 3 amide bonds. The van der Waals surface area contributed by atoms with Crippen molar-refractivity contribution in [2.75, 3.05) is 11.9 Å². The zero-order valence-electron chi connectivity index (χ0n) is 13.1. The first-order chi connectivity index (χ1) is 12.4. The molecule has 26 heavy (non-hydrogen) atoms. The molecule has 132 valence electrons. The van der Waals surface area contributed by atoms with Crippen LogP contribution in [0.15, 0.2) is 52.1 Å². The Labute approximate surface area is 166 Å². The lowest BCUT2D eigenvalue weighted by Gasteiger charge is -2.12. The number of imide groups is 1. The molecular formula is C17H11BrClN3O3S. The summed E-state index contributed by atoms with van der Waals surface area (Å²) in [5.41, 5.74) is 1.22. The number of aromatic nitrogens is 1. The second-order valence-corrected chi connectivity index (χ2v) is 7.48. The first-order valence-electron chi connectivity index (χ1n) is 7.34. The number of thioether (sulfide) groups is 1. The fourth-order valence-corrected chi connectivity index (χ4v) is 3.43. The smallest absolute Gasteiger partial charge is 0.294 e. The van der Waals surface area contributed by atoms with E-state index in [0.29, 0.717) is 15.2 Å². The van der Waals surface area contributed by atoms with Crippen LogP contribution in [0.3, 0.4) is 0 Å². The molecule has 1 N–H and O–H groups in total. The van der Waals surface area contributed by atoms with Gasteiger partial charge in [-0.25, -0.2) is 0 Å². The Bertz CT molecular complexity index is 921. The summed E-state index contributed by atoms with van der Waals surface area (Å²) in [5.74, 6) is -0.989. The summed E-state index contributed by atoms with van der Waals surface area (Å²) in [5, 5.41) is 2.57. The number of hydrogen-bond donors (Lipinski definition) is 1. The van der Waals surface area contributed by atoms with Gasteiger partial charge in [0.05, 0.1) is 9.93 Å². The molecule has 9 heteroatoms. The van der Waals surface area contributed by atoms with Crippen molar-refractivity contribution in [1.29, 1.82) is 0 Å². The summed E-state index contributed by atoms with van der Waals surface area (Å²) in [4.78, 5) is 41.7. The van der Waals surface area contributed by atoms with Gasteiger partial charge in [-0.15, -0.1) is 0 Å². The van der Waals surface area contributed by atoms with Crippen molar-refractivity contribution in [2.45, 2.75) is 0 Å². The van der Waals surface area contributed by atoms with Gasteiger partial charge in [0, 0.05) is 22.6 Å². The van der Waals surface area contributed by atoms with Crippen molar-refractivity contribution in [3.63, 3.8) is 0 Å². The number of benzene rings is 1. The quantitative estimate of drug-likeness (QED) is 0.704. The van der Waals surface area contributed by atoms with Crippen LogP contribution in [0.5, 0.6) is 0 Å². The van der Waals surface area contributed by atoms with E-state index < -0.39 is 17.1 Å². The maximum atomic E-state index is 12.4. The third-order valence-electron chi connectivity index (χ3n) is 3.38. The highest BCUT2D eigenvalue weighted by atomic mass is 79.9. The molecule has 1 aliphatic heterocycles. The number of nitrogens with zero attached hydrogens (tertiary/aromatic N) is 2. The molecule has 2 heterocycles. The van der Waals surface area contributed by atoms with E-state index >= 15 is 0 Å². The van der Waals surface area contributed by atoms with Crippen LogP contribution in [0.1, 0.15) is 5.56 Å². The van der Waals surface area contributed by atoms with Crippen LogP contribution in [0.2, 0.25) is 5.02 Å². The molecule has 0 spiro atoms. The molecule has 1 saturated heterocycles. The Kier molecular flexibility index (Phi) is 5.75. The molecule has 0 bridgehead atoms. The first-order valence-corrected chi connectivity index (χ1v) is 9.33. The molecule has 0 atom stereocenters. The number of hydrogen-bond acceptors (Lipinski definition) is 5. The average molecular weight is 453 g/mol. The topological polar surface area (TPSA) is 79.4 Å². The van der Waals surface area contributed by atoms with Crippen LogP contribution in [0.4, 0.5) is 10.5 Å². The largest absolute Gasteiger partial charge is 0.324 e. The van der Waals surface area contributed by atoms with Crippen molar-refractivity contribution in [2.24, 2.45) is 0 Å². The third kappa shape index (κ3) is 4.32. The fraction of sp³-hybridized carbons (Fsp3) is 0.0588. The molecule has 0 aliphatic carbocycles. The van der Waals surface area contributed by atoms with E-state index in [0.717, 1.165) is 22.2 Å². The zero-order chi connectivity index (χ0) is 18.7. The van der Waals surface area contributed by atoms with E-state index in [2.05, 4.69) is 26.2 Å². The van der Waals surface area contributed by atoms with Crippen LogP contribution in [0.25, 0.3) is 6.08 Å². The molecule has 1 aliphatic rings. The van der Waals surface area contributed by atoms with E-state index in [1.807, 2.05) is 0 Å². The van der Waals surface area contributed by atoms with E-state index in [-0.39, 0.29) is 11.4 Å². The minimum atomic E-state index is -0.499. The highest BCUT2D eigenvalue weighted by molar-refractivity contribution is 9.10. The van der Waals surface area contributed by atoms with Crippen molar-refractivity contribution in [1.82, 2.24) is 9.88 Å². The predicted molar refractivity (Wildman–Crippen MR) is 105 cm³/mol. The Morgan fingerprint density at radius 1 is 1.27 bits per heavy atom. The third-order valence-corrected chi connectivity index (χ3v) is 5.52. The highest BCUT2D eigenvalue weighted by Gasteiger charge is 2.36. The molecule has 1 aromatic heterocycles. The van der Waals surface area contributed by atoms with E-state index in [1.54, 1.807) is 48.8 Å². The summed E-state index contributed by atoms with van der Waals surface area (Å²) in [7, 11) is 0. The van der Waals surface area contributed by atoms with Crippen molar-refractivity contribution in [3.8, 4) is 0 Å². The van der Waals surface area contributed by atoms with Gasteiger partial charge in [0.25, 0.3) is 11.1 Å². The SMILES string of the molecule is O=C(CN1C(=O)S/C(=C/c2ccncc2)C1=O)Nc1ccc(Br)c(Cl)c1. The standard InChI is InChI=1S/C17H11BrClN3O3S/c18-12-2-1-11(8-13(12)19)21-15(23)9-22-16(24)14(26-17(22)25)7-10-3-5-20-6-4-10/h1-8H,9H2,(H,21,23)/b14-7+. The van der Waals surface area contributed by atoms with Gasteiger partial charge < -0.3 is 5.32 Å². The van der Waals surface area contributed by atoms with Gasteiger partial charge in [-0.3, -0.25) is 24.3 Å². The van der Waals surface area contributed by atoms with Crippen LogP contribution >= 0.6 is 39.3 Å². The van der Waals surface area contributed by atoms with Gasteiger partial charge >= 0.3 is 0 Å². The lowest BCUT2D eigenvalue weighted by atomic mass is 10.2. The Hall–Kier alpha value is -2.16. The van der Waals surface area contributed by atoms with E-state index in [1.165, 1.54) is 0 Å². The van der Waals surface area contributed by atoms with Crippen molar-refractivity contribution < 1.29 is 14.4 Å². The molecule has 2 aromatic rings. The second kappa shape index (κ2) is 8.03. The molecule has 1 fully saturated rings. The van der Waals surface area contributed by atoms with Gasteiger partial charge in [0.15, 0.2) is 0 Å². The molecule has 0 unspecified atom stereocenters. The maximum absolute atomic E-state index is 12.4. The lowest BCUT2D eigenvalue weighted by molar-refractivity contribution is -0.127. The summed E-state index contributed by atoms with van der Waals surface area (Å²) in [6.07, 6.45) is 4.78. The molecule has 3 rings (SSSR count). The Morgan fingerprint density at radius 3 is 2.69 bits per heavy atom. The van der Waals surface area contributed by atoms with Crippen molar-refractivity contribution >= 4 is 68.1 Å². The Balaban J connectivity index is 1.68. The fourth-order valence-electron chi connectivity index (χ4n) is 2.17. The van der Waals surface area contributed by atoms with Crippen LogP contribution in [-0.2, 0) is 9.59 Å². The number of anilines is 1. The number of nitrogens with one attached hydrogen (secondary N) is 1. The zero-order valence-corrected chi connectivity index (χ0v) is 16.3. The minimum absolute atomic E-state index is 0.265. The summed E-state index contributed by atoms with van der Waals surface area (Å²) in [6, 6.07) is 8.36. The minimum Gasteiger partial charge on any atom is -0.324 e. The van der Waals surface area contributed by atoms with Crippen LogP contribution in [0, 0.1) is 0 Å². The monoisotopic (exact) mass is 451 g/mol. The lowest BCUT2D eigenvalue weighted by Crippen LogP contribution is -2.36. The normalized spacial score (nSPS) is 15.6. The first kappa shape index (κ1) is 18.6. The molecular weight excluding hydrogens is 442 g/mol. The van der Waals surface area contributed by atoms with Crippen LogP contribution < -0.4 is 5.32 Å². The summed E-state index contributed by atoms with van der Waals surface area (Å²) < 4.78 is 0.698.